The first-order chi connectivity index (χ1) is 10.2. The summed E-state index contributed by atoms with van der Waals surface area (Å²) in [5.74, 6) is 1.06. The summed E-state index contributed by atoms with van der Waals surface area (Å²) in [6.07, 6.45) is 1.50. The Morgan fingerprint density at radius 3 is 2.76 bits per heavy atom. The van der Waals surface area contributed by atoms with Crippen LogP contribution in [0.5, 0.6) is 5.75 Å². The Morgan fingerprint density at radius 2 is 2.14 bits per heavy atom. The number of likely N-dealkylation sites (tertiary alicyclic amines) is 1. The topological polar surface area (TPSA) is 89.7 Å². The van der Waals surface area contributed by atoms with E-state index in [2.05, 4.69) is 9.69 Å². The van der Waals surface area contributed by atoms with E-state index in [1.807, 2.05) is 13.8 Å². The van der Waals surface area contributed by atoms with Crippen molar-refractivity contribution in [2.24, 2.45) is 0 Å². The average molecular weight is 314 g/mol. The summed E-state index contributed by atoms with van der Waals surface area (Å²) < 4.78 is 14.6. The molecule has 1 aromatic rings. The number of nitrogens with two attached hydrogens (primary N) is 1. The summed E-state index contributed by atoms with van der Waals surface area (Å²) in [6.45, 7) is 6.07. The van der Waals surface area contributed by atoms with Gasteiger partial charge in [-0.25, -0.2) is 4.79 Å². The van der Waals surface area contributed by atoms with Gasteiger partial charge in [0, 0.05) is 19.1 Å². The average Bonchev–Trinajstić information content (AvgIpc) is 2.82. The van der Waals surface area contributed by atoms with Crippen molar-refractivity contribution in [3.05, 3.63) is 0 Å². The molecular weight excluding hydrogens is 292 g/mol. The van der Waals surface area contributed by atoms with Gasteiger partial charge in [0.1, 0.15) is 0 Å². The molecule has 1 aromatic heterocycles. The maximum atomic E-state index is 11.6. The van der Waals surface area contributed by atoms with Crippen LogP contribution in [0.2, 0.25) is 0 Å². The summed E-state index contributed by atoms with van der Waals surface area (Å²) in [7, 11) is 0. The Morgan fingerprint density at radius 1 is 1.43 bits per heavy atom. The van der Waals surface area contributed by atoms with Crippen molar-refractivity contribution in [2.75, 3.05) is 37.4 Å². The van der Waals surface area contributed by atoms with E-state index < -0.39 is 0 Å². The van der Waals surface area contributed by atoms with Gasteiger partial charge >= 0.3 is 6.09 Å². The van der Waals surface area contributed by atoms with Gasteiger partial charge in [0.25, 0.3) is 0 Å². The molecule has 1 aliphatic heterocycles. The Labute approximate surface area is 128 Å². The minimum atomic E-state index is -0.229. The molecule has 21 heavy (non-hydrogen) atoms. The molecule has 0 aromatic carbocycles. The van der Waals surface area contributed by atoms with Crippen LogP contribution in [0.1, 0.15) is 26.7 Å². The summed E-state index contributed by atoms with van der Waals surface area (Å²) in [6, 6.07) is 0.287. The number of carbonyl (C=O) groups excluding carboxylic acids is 1. The van der Waals surface area contributed by atoms with Crippen LogP contribution >= 0.6 is 11.5 Å². The number of carbonyl (C=O) groups is 1. The van der Waals surface area contributed by atoms with Gasteiger partial charge < -0.3 is 25.4 Å². The van der Waals surface area contributed by atoms with E-state index in [0.29, 0.717) is 37.9 Å². The SMILES string of the molecule is CCOC(=O)N1CCC(Nc2snc(N)c2OCC)CC1. The third kappa shape index (κ3) is 3.90. The van der Waals surface area contributed by atoms with Crippen molar-refractivity contribution in [3.63, 3.8) is 0 Å². The van der Waals surface area contributed by atoms with E-state index in [0.717, 1.165) is 17.8 Å². The molecule has 8 heteroatoms. The molecule has 0 radical (unpaired) electrons. The number of aromatic nitrogens is 1. The van der Waals surface area contributed by atoms with Gasteiger partial charge in [-0.15, -0.1) is 0 Å². The summed E-state index contributed by atoms with van der Waals surface area (Å²) in [5, 5.41) is 4.28. The van der Waals surface area contributed by atoms with Crippen LogP contribution in [0.4, 0.5) is 15.6 Å². The fourth-order valence-corrected chi connectivity index (χ4v) is 3.01. The molecule has 3 N–H and O–H groups in total. The van der Waals surface area contributed by atoms with Gasteiger partial charge in [-0.1, -0.05) is 0 Å². The first-order valence-electron chi connectivity index (χ1n) is 7.21. The number of nitrogens with zero attached hydrogens (tertiary/aromatic N) is 2. The number of nitrogens with one attached hydrogen (secondary N) is 1. The predicted molar refractivity (Wildman–Crippen MR) is 82.9 cm³/mol. The van der Waals surface area contributed by atoms with Crippen LogP contribution in [-0.4, -0.2) is 47.7 Å². The Balaban J connectivity index is 1.87. The first kappa shape index (κ1) is 15.7. The lowest BCUT2D eigenvalue weighted by Gasteiger charge is -2.31. The van der Waals surface area contributed by atoms with Gasteiger partial charge in [-0.2, -0.15) is 4.37 Å². The summed E-state index contributed by atoms with van der Waals surface area (Å²) in [4.78, 5) is 13.4. The highest BCUT2D eigenvalue weighted by Gasteiger charge is 2.25. The molecule has 0 spiro atoms. The van der Waals surface area contributed by atoms with E-state index in [1.165, 1.54) is 11.5 Å². The van der Waals surface area contributed by atoms with Crippen molar-refractivity contribution >= 4 is 28.4 Å². The van der Waals surface area contributed by atoms with Gasteiger partial charge in [-0.05, 0) is 38.2 Å². The number of anilines is 2. The van der Waals surface area contributed by atoms with E-state index >= 15 is 0 Å². The highest BCUT2D eigenvalue weighted by atomic mass is 32.1. The lowest BCUT2D eigenvalue weighted by molar-refractivity contribution is 0.0983. The van der Waals surface area contributed by atoms with Crippen LogP contribution in [0.15, 0.2) is 0 Å². The lowest BCUT2D eigenvalue weighted by atomic mass is 10.1. The second kappa shape index (κ2) is 7.35. The van der Waals surface area contributed by atoms with Crippen molar-refractivity contribution in [1.82, 2.24) is 9.27 Å². The van der Waals surface area contributed by atoms with Crippen LogP contribution in [-0.2, 0) is 4.74 Å². The molecule has 0 atom stereocenters. The van der Waals surface area contributed by atoms with Crippen LogP contribution in [0.3, 0.4) is 0 Å². The summed E-state index contributed by atoms with van der Waals surface area (Å²) >= 11 is 1.31. The standard InChI is InChI=1S/C13H22N4O3S/c1-3-19-10-11(14)16-21-12(10)15-9-5-7-17(8-6-9)13(18)20-4-2/h9,15H,3-8H2,1-2H3,(H2,14,16). The number of hydrogen-bond donors (Lipinski definition) is 2. The predicted octanol–water partition coefficient (Wildman–Crippen LogP) is 2.16. The number of amides is 1. The molecule has 1 fully saturated rings. The highest BCUT2D eigenvalue weighted by Crippen LogP contribution is 2.36. The minimum Gasteiger partial charge on any atom is -0.487 e. The van der Waals surface area contributed by atoms with Crippen molar-refractivity contribution < 1.29 is 14.3 Å². The molecule has 1 aliphatic rings. The number of piperidine rings is 1. The molecule has 2 rings (SSSR count). The van der Waals surface area contributed by atoms with Crippen LogP contribution < -0.4 is 15.8 Å². The molecule has 1 saturated heterocycles. The second-order valence-corrected chi connectivity index (χ2v) is 5.54. The lowest BCUT2D eigenvalue weighted by Crippen LogP contribution is -2.42. The molecule has 118 valence electrons. The normalized spacial score (nSPS) is 15.8. The highest BCUT2D eigenvalue weighted by molar-refractivity contribution is 7.11. The number of rotatable bonds is 5. The van der Waals surface area contributed by atoms with Gasteiger partial charge in [-0.3, -0.25) is 0 Å². The third-order valence-corrected chi connectivity index (χ3v) is 4.09. The largest absolute Gasteiger partial charge is 0.487 e. The van der Waals surface area contributed by atoms with Crippen LogP contribution in [0.25, 0.3) is 0 Å². The van der Waals surface area contributed by atoms with E-state index in [4.69, 9.17) is 15.2 Å². The smallest absolute Gasteiger partial charge is 0.409 e. The molecule has 2 heterocycles. The van der Waals surface area contributed by atoms with E-state index in [9.17, 15) is 4.79 Å². The third-order valence-electron chi connectivity index (χ3n) is 3.32. The fraction of sp³-hybridized carbons (Fsp3) is 0.692. The maximum Gasteiger partial charge on any atom is 0.409 e. The quantitative estimate of drug-likeness (QED) is 0.865. The van der Waals surface area contributed by atoms with Crippen LogP contribution in [0, 0.1) is 0 Å². The fourth-order valence-electron chi connectivity index (χ4n) is 2.28. The molecule has 7 nitrogen and oxygen atoms in total. The number of nitrogen functional groups attached to an aromatic ring is 1. The molecule has 1 amide bonds. The molecule has 0 unspecified atom stereocenters. The van der Waals surface area contributed by atoms with Gasteiger partial charge in [0.05, 0.1) is 13.2 Å². The van der Waals surface area contributed by atoms with E-state index in [-0.39, 0.29) is 12.1 Å². The van der Waals surface area contributed by atoms with Crippen molar-refractivity contribution in [2.45, 2.75) is 32.7 Å². The second-order valence-electron chi connectivity index (χ2n) is 4.76. The molecular formula is C13H22N4O3S. The molecule has 0 aliphatic carbocycles. The number of hydrogen-bond acceptors (Lipinski definition) is 7. The number of ether oxygens (including phenoxy) is 2. The monoisotopic (exact) mass is 314 g/mol. The molecule has 0 saturated carbocycles. The Hall–Kier alpha value is -1.70. The minimum absolute atomic E-state index is 0.229. The zero-order valence-electron chi connectivity index (χ0n) is 12.4. The summed E-state index contributed by atoms with van der Waals surface area (Å²) in [5.41, 5.74) is 5.79. The van der Waals surface area contributed by atoms with Gasteiger partial charge in [0.2, 0.25) is 0 Å². The zero-order valence-corrected chi connectivity index (χ0v) is 13.2. The maximum absolute atomic E-state index is 11.6. The Bertz CT molecular complexity index is 472. The van der Waals surface area contributed by atoms with E-state index in [1.54, 1.807) is 4.90 Å². The zero-order chi connectivity index (χ0) is 15.2. The Kier molecular flexibility index (Phi) is 5.49. The van der Waals surface area contributed by atoms with Crippen molar-refractivity contribution in [1.29, 1.82) is 0 Å². The molecule has 0 bridgehead atoms. The van der Waals surface area contributed by atoms with Crippen molar-refractivity contribution in [3.8, 4) is 5.75 Å². The van der Waals surface area contributed by atoms with Gasteiger partial charge in [0.15, 0.2) is 16.6 Å². The first-order valence-corrected chi connectivity index (χ1v) is 7.99.